The van der Waals surface area contributed by atoms with E-state index in [1.165, 1.54) is 0 Å². The van der Waals surface area contributed by atoms with E-state index < -0.39 is 0 Å². The number of hydrogen-bond donors (Lipinski definition) is 1. The number of aliphatic hydroxyl groups excluding tert-OH is 1. The van der Waals surface area contributed by atoms with Crippen LogP contribution in [0.5, 0.6) is 0 Å². The van der Waals surface area contributed by atoms with Gasteiger partial charge in [0.1, 0.15) is 0 Å². The summed E-state index contributed by atoms with van der Waals surface area (Å²) in [5.41, 5.74) is 0. The van der Waals surface area contributed by atoms with E-state index in [0.29, 0.717) is 31.4 Å². The van der Waals surface area contributed by atoms with Gasteiger partial charge in [-0.05, 0) is 18.4 Å². The molecule has 0 aromatic carbocycles. The standard InChI is InChI=1S/C13H17N3O3S/c1-9-8-18-10(7-17)5-16(9)6-12-14-13(19-15-12)11-3-2-4-20-11/h2-4,9-10,17H,5-8H2,1H3. The zero-order chi connectivity index (χ0) is 13.9. The zero-order valence-electron chi connectivity index (χ0n) is 11.2. The molecule has 1 fully saturated rings. The van der Waals surface area contributed by atoms with Gasteiger partial charge in [0.05, 0.1) is 30.7 Å². The van der Waals surface area contributed by atoms with E-state index >= 15 is 0 Å². The van der Waals surface area contributed by atoms with Crippen molar-refractivity contribution in [2.75, 3.05) is 19.8 Å². The van der Waals surface area contributed by atoms with Crippen molar-refractivity contribution in [3.05, 3.63) is 23.3 Å². The second-order valence-corrected chi connectivity index (χ2v) is 5.86. The Morgan fingerprint density at radius 2 is 2.45 bits per heavy atom. The first-order valence-electron chi connectivity index (χ1n) is 6.59. The molecular formula is C13H17N3O3S. The van der Waals surface area contributed by atoms with Crippen molar-refractivity contribution in [3.8, 4) is 10.8 Å². The molecule has 3 heterocycles. The normalized spacial score (nSPS) is 24.1. The number of morpholine rings is 1. The molecule has 1 aliphatic heterocycles. The van der Waals surface area contributed by atoms with Gasteiger partial charge in [-0.3, -0.25) is 4.90 Å². The Morgan fingerprint density at radius 3 is 3.20 bits per heavy atom. The number of thiophene rings is 1. The summed E-state index contributed by atoms with van der Waals surface area (Å²) in [6, 6.07) is 4.20. The maximum absolute atomic E-state index is 9.19. The Morgan fingerprint density at radius 1 is 1.55 bits per heavy atom. The number of ether oxygens (including phenoxy) is 1. The van der Waals surface area contributed by atoms with Crippen molar-refractivity contribution < 1.29 is 14.4 Å². The van der Waals surface area contributed by atoms with E-state index in [-0.39, 0.29) is 18.8 Å². The molecule has 0 radical (unpaired) electrons. The van der Waals surface area contributed by atoms with Crippen LogP contribution in [0.25, 0.3) is 10.8 Å². The van der Waals surface area contributed by atoms with Crippen LogP contribution < -0.4 is 0 Å². The predicted molar refractivity (Wildman–Crippen MR) is 74.3 cm³/mol. The number of hydrogen-bond acceptors (Lipinski definition) is 7. The highest BCUT2D eigenvalue weighted by Crippen LogP contribution is 2.23. The molecule has 0 bridgehead atoms. The molecule has 0 saturated carbocycles. The molecule has 7 heteroatoms. The van der Waals surface area contributed by atoms with E-state index in [2.05, 4.69) is 22.0 Å². The second kappa shape index (κ2) is 6.01. The van der Waals surface area contributed by atoms with E-state index in [0.717, 1.165) is 4.88 Å². The maximum Gasteiger partial charge on any atom is 0.268 e. The lowest BCUT2D eigenvalue weighted by Gasteiger charge is -2.36. The largest absolute Gasteiger partial charge is 0.394 e. The summed E-state index contributed by atoms with van der Waals surface area (Å²) in [6.07, 6.45) is -0.130. The Balaban J connectivity index is 1.68. The maximum atomic E-state index is 9.19. The SMILES string of the molecule is CC1COC(CO)CN1Cc1noc(-c2cccs2)n1. The van der Waals surface area contributed by atoms with Crippen molar-refractivity contribution in [1.29, 1.82) is 0 Å². The van der Waals surface area contributed by atoms with Crippen LogP contribution in [0, 0.1) is 0 Å². The molecule has 108 valence electrons. The van der Waals surface area contributed by atoms with Crippen LogP contribution in [0.15, 0.2) is 22.0 Å². The molecule has 2 aromatic heterocycles. The summed E-state index contributed by atoms with van der Waals surface area (Å²) >= 11 is 1.58. The molecular weight excluding hydrogens is 278 g/mol. The van der Waals surface area contributed by atoms with Crippen LogP contribution in [0.3, 0.4) is 0 Å². The first-order valence-corrected chi connectivity index (χ1v) is 7.47. The summed E-state index contributed by atoms with van der Waals surface area (Å²) in [6.45, 7) is 4.03. The van der Waals surface area contributed by atoms with Gasteiger partial charge >= 0.3 is 0 Å². The summed E-state index contributed by atoms with van der Waals surface area (Å²) in [4.78, 5) is 7.60. The lowest BCUT2D eigenvalue weighted by atomic mass is 10.2. The fourth-order valence-corrected chi connectivity index (χ4v) is 2.85. The van der Waals surface area contributed by atoms with Crippen LogP contribution in [0.2, 0.25) is 0 Å². The third kappa shape index (κ3) is 2.90. The van der Waals surface area contributed by atoms with Crippen LogP contribution in [0.4, 0.5) is 0 Å². The lowest BCUT2D eigenvalue weighted by molar-refractivity contribution is -0.0813. The Kier molecular flexibility index (Phi) is 4.11. The first-order chi connectivity index (χ1) is 9.76. The minimum Gasteiger partial charge on any atom is -0.394 e. The van der Waals surface area contributed by atoms with E-state index in [1.54, 1.807) is 11.3 Å². The molecule has 1 aliphatic rings. The van der Waals surface area contributed by atoms with Gasteiger partial charge in [0.15, 0.2) is 5.82 Å². The molecule has 1 saturated heterocycles. The lowest BCUT2D eigenvalue weighted by Crippen LogP contribution is -2.49. The third-order valence-electron chi connectivity index (χ3n) is 3.38. The Hall–Kier alpha value is -1.28. The molecule has 6 nitrogen and oxygen atoms in total. The fourth-order valence-electron chi connectivity index (χ4n) is 2.21. The van der Waals surface area contributed by atoms with E-state index in [1.807, 2.05) is 17.5 Å². The topological polar surface area (TPSA) is 71.6 Å². The van der Waals surface area contributed by atoms with Gasteiger partial charge < -0.3 is 14.4 Å². The first kappa shape index (κ1) is 13.7. The predicted octanol–water partition coefficient (Wildman–Crippen LogP) is 1.38. The molecule has 0 amide bonds. The highest BCUT2D eigenvalue weighted by atomic mass is 32.1. The van der Waals surface area contributed by atoms with Crippen LogP contribution >= 0.6 is 11.3 Å². The third-order valence-corrected chi connectivity index (χ3v) is 4.24. The number of aliphatic hydroxyl groups is 1. The van der Waals surface area contributed by atoms with E-state index in [4.69, 9.17) is 9.26 Å². The second-order valence-electron chi connectivity index (χ2n) is 4.91. The molecule has 0 spiro atoms. The Labute approximate surface area is 121 Å². The number of rotatable bonds is 4. The highest BCUT2D eigenvalue weighted by Gasteiger charge is 2.26. The summed E-state index contributed by atoms with van der Waals surface area (Å²) in [5, 5.41) is 15.2. The Bertz CT molecular complexity index is 543. The van der Waals surface area contributed by atoms with Gasteiger partial charge in [-0.2, -0.15) is 4.98 Å². The van der Waals surface area contributed by atoms with Crippen molar-refractivity contribution >= 4 is 11.3 Å². The van der Waals surface area contributed by atoms with Gasteiger partial charge in [-0.1, -0.05) is 11.2 Å². The van der Waals surface area contributed by atoms with Crippen LogP contribution in [-0.2, 0) is 11.3 Å². The van der Waals surface area contributed by atoms with Crippen molar-refractivity contribution in [2.45, 2.75) is 25.6 Å². The number of nitrogens with zero attached hydrogens (tertiary/aromatic N) is 3. The molecule has 3 rings (SSSR count). The van der Waals surface area contributed by atoms with Gasteiger partial charge in [0.2, 0.25) is 0 Å². The summed E-state index contributed by atoms with van der Waals surface area (Å²) in [5.74, 6) is 1.23. The molecule has 20 heavy (non-hydrogen) atoms. The molecule has 2 atom stereocenters. The smallest absolute Gasteiger partial charge is 0.268 e. The van der Waals surface area contributed by atoms with Gasteiger partial charge in [0, 0.05) is 12.6 Å². The van der Waals surface area contributed by atoms with E-state index in [9.17, 15) is 5.11 Å². The zero-order valence-corrected chi connectivity index (χ0v) is 12.0. The van der Waals surface area contributed by atoms with Gasteiger partial charge in [0.25, 0.3) is 5.89 Å². The fraction of sp³-hybridized carbons (Fsp3) is 0.538. The average molecular weight is 295 g/mol. The van der Waals surface area contributed by atoms with Crippen molar-refractivity contribution in [2.24, 2.45) is 0 Å². The summed E-state index contributed by atoms with van der Waals surface area (Å²) in [7, 11) is 0. The monoisotopic (exact) mass is 295 g/mol. The van der Waals surface area contributed by atoms with Crippen molar-refractivity contribution in [3.63, 3.8) is 0 Å². The highest BCUT2D eigenvalue weighted by molar-refractivity contribution is 7.13. The minimum atomic E-state index is -0.130. The minimum absolute atomic E-state index is 0.0376. The number of aromatic nitrogens is 2. The molecule has 1 N–H and O–H groups in total. The van der Waals surface area contributed by atoms with Crippen LogP contribution in [-0.4, -0.2) is 52.1 Å². The van der Waals surface area contributed by atoms with Gasteiger partial charge in [-0.25, -0.2) is 0 Å². The average Bonchev–Trinajstić information content (AvgIpc) is 3.12. The van der Waals surface area contributed by atoms with Crippen LogP contribution in [0.1, 0.15) is 12.7 Å². The molecule has 2 unspecified atom stereocenters. The molecule has 0 aliphatic carbocycles. The van der Waals surface area contributed by atoms with Crippen molar-refractivity contribution in [1.82, 2.24) is 15.0 Å². The van der Waals surface area contributed by atoms with Gasteiger partial charge in [-0.15, -0.1) is 11.3 Å². The summed E-state index contributed by atoms with van der Waals surface area (Å²) < 4.78 is 10.8. The quantitative estimate of drug-likeness (QED) is 0.919. The molecule has 2 aromatic rings.